The van der Waals surface area contributed by atoms with Crippen LogP contribution in [0.4, 0.5) is 0 Å². The lowest BCUT2D eigenvalue weighted by atomic mass is 9.98. The molecule has 4 N–H and O–H groups in total. The van der Waals surface area contributed by atoms with E-state index in [9.17, 15) is 19.5 Å². The van der Waals surface area contributed by atoms with Gasteiger partial charge in [-0.15, -0.1) is 0 Å². The quantitative estimate of drug-likeness (QED) is 0.228. The van der Waals surface area contributed by atoms with Crippen LogP contribution < -0.4 is 5.73 Å². The molecular formula is C24H20N4O4. The van der Waals surface area contributed by atoms with Crippen LogP contribution in [0.1, 0.15) is 50.4 Å². The van der Waals surface area contributed by atoms with E-state index in [-0.39, 0.29) is 28.3 Å². The molecule has 8 nitrogen and oxygen atoms in total. The maximum absolute atomic E-state index is 13.0. The van der Waals surface area contributed by atoms with Crippen LogP contribution in [-0.4, -0.2) is 38.3 Å². The average molecular weight is 428 g/mol. The summed E-state index contributed by atoms with van der Waals surface area (Å²) in [5.74, 6) is -2.81. The fourth-order valence-electron chi connectivity index (χ4n) is 3.18. The molecule has 0 unspecified atom stereocenters. The number of nitrogens with zero attached hydrogens (tertiary/aromatic N) is 2. The van der Waals surface area contributed by atoms with Gasteiger partial charge in [-0.1, -0.05) is 60.7 Å². The minimum Gasteiger partial charge on any atom is -0.506 e. The number of aryl methyl sites for hydroxylation is 1. The van der Waals surface area contributed by atoms with Gasteiger partial charge in [0.05, 0.1) is 16.8 Å². The molecule has 32 heavy (non-hydrogen) atoms. The van der Waals surface area contributed by atoms with Gasteiger partial charge in [0.15, 0.2) is 17.4 Å². The summed E-state index contributed by atoms with van der Waals surface area (Å²) in [4.78, 5) is 45.6. The number of amides is 1. The fraction of sp³-hybridized carbons (Fsp3) is 0.0833. The predicted octanol–water partition coefficient (Wildman–Crippen LogP) is 3.04. The summed E-state index contributed by atoms with van der Waals surface area (Å²) < 4.78 is 0. The van der Waals surface area contributed by atoms with Crippen LogP contribution in [0.25, 0.3) is 5.76 Å². The number of carbonyl (C=O) groups excluding carboxylic acids is 3. The Hall–Kier alpha value is -4.46. The molecule has 0 aliphatic heterocycles. The van der Waals surface area contributed by atoms with Crippen molar-refractivity contribution in [3.05, 3.63) is 100 Å². The van der Waals surface area contributed by atoms with Crippen LogP contribution in [0.2, 0.25) is 0 Å². The van der Waals surface area contributed by atoms with Gasteiger partial charge in [0, 0.05) is 11.1 Å². The molecule has 3 rings (SSSR count). The number of primary amides is 1. The highest BCUT2D eigenvalue weighted by molar-refractivity contribution is 6.29. The first kappa shape index (κ1) is 22.2. The van der Waals surface area contributed by atoms with Crippen molar-refractivity contribution >= 4 is 28.9 Å². The van der Waals surface area contributed by atoms with Crippen molar-refractivity contribution in [3.8, 4) is 0 Å². The van der Waals surface area contributed by atoms with Crippen molar-refractivity contribution in [2.45, 2.75) is 13.8 Å². The Balaban J connectivity index is 2.16. The smallest absolute Gasteiger partial charge is 0.268 e. The second-order valence-corrected chi connectivity index (χ2v) is 6.94. The highest BCUT2D eigenvalue weighted by atomic mass is 16.3. The van der Waals surface area contributed by atoms with E-state index in [0.29, 0.717) is 11.1 Å². The molecule has 0 saturated heterocycles. The standard InChI is InChI=1S/C24H20N4O4/c1-13-17(21(30)15-9-5-3-6-10-15)20(23(26)32)28-24(27-13)19(25)18(14(2)29)22(31)16-11-7-4-8-12-16/h3-12,25,31H,1-2H3,(H2,26,32)/b22-18+,25-19?. The van der Waals surface area contributed by atoms with Crippen molar-refractivity contribution in [2.24, 2.45) is 5.73 Å². The second kappa shape index (κ2) is 9.13. The third kappa shape index (κ3) is 4.34. The zero-order valence-corrected chi connectivity index (χ0v) is 17.4. The first-order valence-corrected chi connectivity index (χ1v) is 9.59. The number of hydrogen-bond acceptors (Lipinski definition) is 7. The topological polar surface area (TPSA) is 147 Å². The van der Waals surface area contributed by atoms with E-state index in [4.69, 9.17) is 11.1 Å². The number of benzene rings is 2. The summed E-state index contributed by atoms with van der Waals surface area (Å²) in [6, 6.07) is 16.5. The van der Waals surface area contributed by atoms with E-state index in [1.807, 2.05) is 0 Å². The molecule has 0 radical (unpaired) electrons. The molecule has 8 heteroatoms. The Morgan fingerprint density at radius 2 is 1.44 bits per heavy atom. The van der Waals surface area contributed by atoms with E-state index < -0.39 is 28.9 Å². The van der Waals surface area contributed by atoms with Crippen LogP contribution in [0.3, 0.4) is 0 Å². The molecule has 0 aliphatic rings. The van der Waals surface area contributed by atoms with Crippen molar-refractivity contribution in [1.82, 2.24) is 9.97 Å². The maximum atomic E-state index is 13.0. The number of hydrogen-bond donors (Lipinski definition) is 3. The zero-order valence-electron chi connectivity index (χ0n) is 17.4. The highest BCUT2D eigenvalue weighted by Gasteiger charge is 2.27. The maximum Gasteiger partial charge on any atom is 0.268 e. The van der Waals surface area contributed by atoms with Crippen molar-refractivity contribution in [1.29, 1.82) is 5.41 Å². The van der Waals surface area contributed by atoms with E-state index in [1.54, 1.807) is 60.7 Å². The third-order valence-corrected chi connectivity index (χ3v) is 4.70. The van der Waals surface area contributed by atoms with Gasteiger partial charge in [-0.25, -0.2) is 9.97 Å². The minimum atomic E-state index is -0.982. The molecule has 0 atom stereocenters. The Kier molecular flexibility index (Phi) is 6.34. The van der Waals surface area contributed by atoms with Gasteiger partial charge >= 0.3 is 0 Å². The summed E-state index contributed by atoms with van der Waals surface area (Å²) in [6.07, 6.45) is 0. The molecule has 160 valence electrons. The van der Waals surface area contributed by atoms with Crippen LogP contribution in [0.5, 0.6) is 0 Å². The Labute approximate surface area is 184 Å². The predicted molar refractivity (Wildman–Crippen MR) is 119 cm³/mol. The molecule has 3 aromatic rings. The number of allylic oxidation sites excluding steroid dienone is 1. The van der Waals surface area contributed by atoms with E-state index in [1.165, 1.54) is 13.8 Å². The van der Waals surface area contributed by atoms with Gasteiger partial charge in [0.1, 0.15) is 17.2 Å². The van der Waals surface area contributed by atoms with Crippen LogP contribution in [0, 0.1) is 12.3 Å². The highest BCUT2D eigenvalue weighted by Crippen LogP contribution is 2.22. The number of ketones is 2. The number of aliphatic hydroxyl groups is 1. The van der Waals surface area contributed by atoms with Gasteiger partial charge in [0.25, 0.3) is 5.91 Å². The molecule has 0 saturated carbocycles. The number of carbonyl (C=O) groups is 3. The van der Waals surface area contributed by atoms with Crippen molar-refractivity contribution < 1.29 is 19.5 Å². The number of aliphatic hydroxyl groups excluding tert-OH is 1. The first-order chi connectivity index (χ1) is 15.2. The summed E-state index contributed by atoms with van der Waals surface area (Å²) in [7, 11) is 0. The lowest BCUT2D eigenvalue weighted by Gasteiger charge is -2.13. The van der Waals surface area contributed by atoms with Crippen LogP contribution >= 0.6 is 0 Å². The summed E-state index contributed by atoms with van der Waals surface area (Å²) >= 11 is 0. The van der Waals surface area contributed by atoms with Gasteiger partial charge in [-0.2, -0.15) is 0 Å². The van der Waals surface area contributed by atoms with Gasteiger partial charge in [-0.05, 0) is 13.8 Å². The first-order valence-electron chi connectivity index (χ1n) is 9.59. The molecule has 0 aliphatic carbocycles. The SMILES string of the molecule is CC(=O)/C(C(=N)c1nc(C)c(C(=O)c2ccccc2)c(C(N)=O)n1)=C(\O)c1ccccc1. The summed E-state index contributed by atoms with van der Waals surface area (Å²) in [6.45, 7) is 2.67. The third-order valence-electron chi connectivity index (χ3n) is 4.70. The number of aromatic nitrogens is 2. The number of rotatable bonds is 7. The lowest BCUT2D eigenvalue weighted by molar-refractivity contribution is -0.113. The Morgan fingerprint density at radius 3 is 1.94 bits per heavy atom. The van der Waals surface area contributed by atoms with E-state index >= 15 is 0 Å². The molecular weight excluding hydrogens is 408 g/mol. The largest absolute Gasteiger partial charge is 0.506 e. The van der Waals surface area contributed by atoms with E-state index in [0.717, 1.165) is 0 Å². The minimum absolute atomic E-state index is 0.0825. The van der Waals surface area contributed by atoms with Crippen molar-refractivity contribution in [3.63, 3.8) is 0 Å². The zero-order chi connectivity index (χ0) is 23.4. The van der Waals surface area contributed by atoms with Crippen LogP contribution in [0.15, 0.2) is 66.2 Å². The summed E-state index contributed by atoms with van der Waals surface area (Å²) in [5.41, 5.74) is 4.96. The average Bonchev–Trinajstić information content (AvgIpc) is 2.79. The number of nitrogens with one attached hydrogen (secondary N) is 1. The number of Topliss-reactive ketones (excluding diaryl/α,β-unsaturated/α-hetero) is 1. The van der Waals surface area contributed by atoms with E-state index in [2.05, 4.69) is 9.97 Å². The normalized spacial score (nSPS) is 11.4. The molecule has 0 fully saturated rings. The van der Waals surface area contributed by atoms with Crippen molar-refractivity contribution in [2.75, 3.05) is 0 Å². The molecule has 1 amide bonds. The molecule has 0 bridgehead atoms. The second-order valence-electron chi connectivity index (χ2n) is 6.94. The molecule has 1 aromatic heterocycles. The molecule has 0 spiro atoms. The molecule has 2 aromatic carbocycles. The Morgan fingerprint density at radius 1 is 0.906 bits per heavy atom. The van der Waals surface area contributed by atoms with Gasteiger partial charge < -0.3 is 10.8 Å². The molecule has 1 heterocycles. The summed E-state index contributed by atoms with van der Waals surface area (Å²) in [5, 5.41) is 19.1. The lowest BCUT2D eigenvalue weighted by Crippen LogP contribution is -2.25. The van der Waals surface area contributed by atoms with Gasteiger partial charge in [-0.3, -0.25) is 19.8 Å². The number of nitrogens with two attached hydrogens (primary N) is 1. The van der Waals surface area contributed by atoms with Gasteiger partial charge in [0.2, 0.25) is 0 Å². The monoisotopic (exact) mass is 428 g/mol. The fourth-order valence-corrected chi connectivity index (χ4v) is 3.18. The Bertz CT molecular complexity index is 1270. The van der Waals surface area contributed by atoms with Crippen LogP contribution in [-0.2, 0) is 4.79 Å².